The van der Waals surface area contributed by atoms with Crippen molar-refractivity contribution in [2.45, 2.75) is 39.9 Å². The SMILES string of the molecule is CC(C)OP(=O)(NC(=O)O)OC(C)C. The van der Waals surface area contributed by atoms with Crippen molar-refractivity contribution in [2.75, 3.05) is 0 Å². The van der Waals surface area contributed by atoms with E-state index in [9.17, 15) is 9.36 Å². The topological polar surface area (TPSA) is 84.9 Å². The molecule has 0 atom stereocenters. The van der Waals surface area contributed by atoms with Crippen LogP contribution in [0.1, 0.15) is 27.7 Å². The van der Waals surface area contributed by atoms with Crippen molar-refractivity contribution < 1.29 is 23.5 Å². The molecule has 0 saturated carbocycles. The minimum atomic E-state index is -3.74. The Morgan fingerprint density at radius 1 is 1.21 bits per heavy atom. The first kappa shape index (κ1) is 13.4. The average molecular weight is 225 g/mol. The summed E-state index contributed by atoms with van der Waals surface area (Å²) in [4.78, 5) is 10.3. The fourth-order valence-electron chi connectivity index (χ4n) is 0.750. The van der Waals surface area contributed by atoms with Crippen LogP contribution in [0.5, 0.6) is 0 Å². The second-order valence-electron chi connectivity index (χ2n) is 3.22. The van der Waals surface area contributed by atoms with Crippen LogP contribution >= 0.6 is 7.75 Å². The molecule has 0 aromatic heterocycles. The molecule has 0 aliphatic rings. The standard InChI is InChI=1S/C7H16NO5P/c1-5(2)12-14(11,8-7(9)10)13-6(3)4/h5-6H,1-4H3,(H,8,11)(H,9,10). The van der Waals surface area contributed by atoms with Gasteiger partial charge in [-0.3, -0.25) is 9.05 Å². The molecule has 1 amide bonds. The summed E-state index contributed by atoms with van der Waals surface area (Å²) < 4.78 is 21.5. The maximum Gasteiger partial charge on any atom is 0.438 e. The molecule has 0 aromatic rings. The normalized spacial score (nSPS) is 12.1. The van der Waals surface area contributed by atoms with Gasteiger partial charge in [0.2, 0.25) is 0 Å². The Hall–Kier alpha value is -0.580. The van der Waals surface area contributed by atoms with Crippen molar-refractivity contribution >= 4 is 13.8 Å². The molecule has 0 saturated heterocycles. The lowest BCUT2D eigenvalue weighted by Crippen LogP contribution is -2.24. The minimum Gasteiger partial charge on any atom is -0.465 e. The van der Waals surface area contributed by atoms with Gasteiger partial charge < -0.3 is 5.11 Å². The zero-order chi connectivity index (χ0) is 11.4. The van der Waals surface area contributed by atoms with Crippen LogP contribution in [0.4, 0.5) is 4.79 Å². The molecule has 0 aliphatic carbocycles. The van der Waals surface area contributed by atoms with E-state index in [1.165, 1.54) is 0 Å². The van der Waals surface area contributed by atoms with Crippen LogP contribution < -0.4 is 5.09 Å². The molecule has 0 heterocycles. The van der Waals surface area contributed by atoms with E-state index in [2.05, 4.69) is 0 Å². The first-order valence-corrected chi connectivity index (χ1v) is 5.77. The van der Waals surface area contributed by atoms with E-state index in [-0.39, 0.29) is 12.2 Å². The Balaban J connectivity index is 4.49. The fraction of sp³-hybridized carbons (Fsp3) is 0.857. The number of carbonyl (C=O) groups is 1. The smallest absolute Gasteiger partial charge is 0.438 e. The largest absolute Gasteiger partial charge is 0.465 e. The van der Waals surface area contributed by atoms with Gasteiger partial charge in [0.1, 0.15) is 0 Å². The Kier molecular flexibility index (Phi) is 5.12. The van der Waals surface area contributed by atoms with Gasteiger partial charge in [0, 0.05) is 0 Å². The summed E-state index contributed by atoms with van der Waals surface area (Å²) in [6.45, 7) is 6.56. The van der Waals surface area contributed by atoms with Crippen molar-refractivity contribution in [3.05, 3.63) is 0 Å². The van der Waals surface area contributed by atoms with Gasteiger partial charge in [-0.05, 0) is 27.7 Å². The third-order valence-corrected chi connectivity index (χ3v) is 2.80. The van der Waals surface area contributed by atoms with Crippen molar-refractivity contribution in [1.29, 1.82) is 0 Å². The first-order chi connectivity index (χ1) is 6.25. The Morgan fingerprint density at radius 3 is 1.79 bits per heavy atom. The van der Waals surface area contributed by atoms with E-state index in [1.807, 2.05) is 0 Å². The predicted molar refractivity (Wildman–Crippen MR) is 51.2 cm³/mol. The number of rotatable bonds is 5. The fourth-order valence-corrected chi connectivity index (χ4v) is 2.25. The van der Waals surface area contributed by atoms with E-state index in [4.69, 9.17) is 14.2 Å². The van der Waals surface area contributed by atoms with Gasteiger partial charge in [-0.25, -0.2) is 14.4 Å². The van der Waals surface area contributed by atoms with E-state index < -0.39 is 13.8 Å². The van der Waals surface area contributed by atoms with Crippen molar-refractivity contribution in [2.24, 2.45) is 0 Å². The van der Waals surface area contributed by atoms with Crippen LogP contribution in [0, 0.1) is 0 Å². The number of hydrogen-bond acceptors (Lipinski definition) is 4. The monoisotopic (exact) mass is 225 g/mol. The molecule has 0 fully saturated rings. The van der Waals surface area contributed by atoms with E-state index in [1.54, 1.807) is 32.8 Å². The van der Waals surface area contributed by atoms with Gasteiger partial charge in [0.05, 0.1) is 12.2 Å². The highest BCUT2D eigenvalue weighted by Crippen LogP contribution is 2.45. The third kappa shape index (κ3) is 5.96. The molecule has 84 valence electrons. The molecule has 0 aliphatic heterocycles. The van der Waals surface area contributed by atoms with Gasteiger partial charge in [-0.2, -0.15) is 0 Å². The van der Waals surface area contributed by atoms with Crippen molar-refractivity contribution in [3.8, 4) is 0 Å². The Labute approximate surface area is 83.2 Å². The second kappa shape index (κ2) is 5.34. The van der Waals surface area contributed by atoms with Crippen LogP contribution in [0.25, 0.3) is 0 Å². The molecule has 0 unspecified atom stereocenters. The summed E-state index contributed by atoms with van der Waals surface area (Å²) in [5, 5.41) is 10.2. The highest BCUT2D eigenvalue weighted by Gasteiger charge is 2.30. The second-order valence-corrected chi connectivity index (χ2v) is 4.86. The summed E-state index contributed by atoms with van der Waals surface area (Å²) >= 11 is 0. The lowest BCUT2D eigenvalue weighted by Gasteiger charge is -2.21. The van der Waals surface area contributed by atoms with Gasteiger partial charge in [0.25, 0.3) is 0 Å². The molecular weight excluding hydrogens is 209 g/mol. The molecule has 0 rings (SSSR count). The molecule has 6 nitrogen and oxygen atoms in total. The summed E-state index contributed by atoms with van der Waals surface area (Å²) in [7, 11) is -3.74. The molecule has 7 heteroatoms. The Bertz CT molecular complexity index is 226. The Morgan fingerprint density at radius 2 is 1.57 bits per heavy atom. The lowest BCUT2D eigenvalue weighted by atomic mass is 10.5. The van der Waals surface area contributed by atoms with Gasteiger partial charge in [-0.15, -0.1) is 0 Å². The minimum absolute atomic E-state index is 0.383. The summed E-state index contributed by atoms with van der Waals surface area (Å²) in [6.07, 6.45) is -2.20. The molecular formula is C7H16NO5P. The summed E-state index contributed by atoms with van der Waals surface area (Å²) in [5.41, 5.74) is 0. The van der Waals surface area contributed by atoms with Crippen LogP contribution in [-0.2, 0) is 13.6 Å². The first-order valence-electron chi connectivity index (χ1n) is 4.23. The highest BCUT2D eigenvalue weighted by molar-refractivity contribution is 7.52. The summed E-state index contributed by atoms with van der Waals surface area (Å²) in [6, 6.07) is 0. The van der Waals surface area contributed by atoms with Crippen LogP contribution in [0.2, 0.25) is 0 Å². The van der Waals surface area contributed by atoms with Crippen molar-refractivity contribution in [1.82, 2.24) is 5.09 Å². The van der Waals surface area contributed by atoms with E-state index >= 15 is 0 Å². The van der Waals surface area contributed by atoms with Crippen LogP contribution in [0.15, 0.2) is 0 Å². The molecule has 14 heavy (non-hydrogen) atoms. The number of hydrogen-bond donors (Lipinski definition) is 2. The molecule has 0 spiro atoms. The molecule has 0 radical (unpaired) electrons. The van der Waals surface area contributed by atoms with Gasteiger partial charge in [-0.1, -0.05) is 0 Å². The van der Waals surface area contributed by atoms with Crippen molar-refractivity contribution in [3.63, 3.8) is 0 Å². The third-order valence-electron chi connectivity index (χ3n) is 0.932. The van der Waals surface area contributed by atoms with E-state index in [0.29, 0.717) is 0 Å². The van der Waals surface area contributed by atoms with Gasteiger partial charge in [0.15, 0.2) is 0 Å². The van der Waals surface area contributed by atoms with E-state index in [0.717, 1.165) is 0 Å². The molecule has 0 aromatic carbocycles. The zero-order valence-corrected chi connectivity index (χ0v) is 9.58. The average Bonchev–Trinajstić information content (AvgIpc) is 1.76. The van der Waals surface area contributed by atoms with Crippen LogP contribution in [-0.4, -0.2) is 23.4 Å². The molecule has 2 N–H and O–H groups in total. The maximum absolute atomic E-state index is 11.7. The molecule has 0 bridgehead atoms. The number of carboxylic acid groups (broad SMARTS) is 1. The predicted octanol–water partition coefficient (Wildman–Crippen LogP) is 2.21. The number of nitrogens with one attached hydrogen (secondary N) is 1. The summed E-state index contributed by atoms with van der Waals surface area (Å²) in [5.74, 6) is 0. The lowest BCUT2D eigenvalue weighted by molar-refractivity contribution is 0.132. The zero-order valence-electron chi connectivity index (χ0n) is 8.68. The maximum atomic E-state index is 11.7. The number of amides is 1. The quantitative estimate of drug-likeness (QED) is 0.700. The highest BCUT2D eigenvalue weighted by atomic mass is 31.2. The van der Waals surface area contributed by atoms with Crippen LogP contribution in [0.3, 0.4) is 0 Å². The van der Waals surface area contributed by atoms with Gasteiger partial charge >= 0.3 is 13.8 Å².